The van der Waals surface area contributed by atoms with Crippen LogP contribution in [-0.2, 0) is 9.53 Å². The van der Waals surface area contributed by atoms with Gasteiger partial charge in [0.25, 0.3) is 0 Å². The van der Waals surface area contributed by atoms with Crippen molar-refractivity contribution in [2.45, 2.75) is 39.2 Å². The summed E-state index contributed by atoms with van der Waals surface area (Å²) in [6.07, 6.45) is -0.349. The largest absolute Gasteiger partial charge is 0.479 e. The Balaban J connectivity index is 2.04. The molecule has 5 heteroatoms. The maximum atomic E-state index is 11.6. The van der Waals surface area contributed by atoms with E-state index in [9.17, 15) is 9.90 Å². The van der Waals surface area contributed by atoms with Crippen LogP contribution in [0.1, 0.15) is 37.3 Å². The quantitative estimate of drug-likeness (QED) is 0.837. The fraction of sp³-hybridized carbons (Fsp3) is 0.611. The van der Waals surface area contributed by atoms with Crippen molar-refractivity contribution in [3.05, 3.63) is 29.3 Å². The number of benzene rings is 1. The average Bonchev–Trinajstić information content (AvgIpc) is 2.51. The van der Waals surface area contributed by atoms with Gasteiger partial charge in [-0.3, -0.25) is 4.90 Å². The van der Waals surface area contributed by atoms with Crippen LogP contribution in [-0.4, -0.2) is 54.9 Å². The summed E-state index contributed by atoms with van der Waals surface area (Å²) in [5.74, 6) is 0.0723. The van der Waals surface area contributed by atoms with Crippen molar-refractivity contribution >= 4 is 5.97 Å². The molecule has 1 aromatic rings. The second kappa shape index (κ2) is 8.31. The number of aryl methyl sites for hydroxylation is 1. The predicted octanol–water partition coefficient (Wildman–Crippen LogP) is 2.67. The number of ether oxygens (including phenoxy) is 2. The van der Waals surface area contributed by atoms with Crippen molar-refractivity contribution in [2.24, 2.45) is 0 Å². The minimum Gasteiger partial charge on any atom is -0.479 e. The highest BCUT2D eigenvalue weighted by molar-refractivity contribution is 5.72. The molecular formula is C18H27NO4. The molecular weight excluding hydrogens is 294 g/mol. The van der Waals surface area contributed by atoms with Gasteiger partial charge in [0.1, 0.15) is 5.75 Å². The fourth-order valence-corrected chi connectivity index (χ4v) is 2.73. The summed E-state index contributed by atoms with van der Waals surface area (Å²) in [4.78, 5) is 13.8. The van der Waals surface area contributed by atoms with Gasteiger partial charge in [-0.2, -0.15) is 0 Å². The number of aliphatic carboxylic acids is 1. The van der Waals surface area contributed by atoms with E-state index in [1.165, 1.54) is 0 Å². The van der Waals surface area contributed by atoms with Gasteiger partial charge in [0, 0.05) is 26.1 Å². The third-order valence-electron chi connectivity index (χ3n) is 4.15. The summed E-state index contributed by atoms with van der Waals surface area (Å²) >= 11 is 0. The number of nitrogens with zero attached hydrogens (tertiary/aromatic N) is 1. The molecule has 0 aliphatic carbocycles. The van der Waals surface area contributed by atoms with E-state index in [0.717, 1.165) is 24.2 Å². The summed E-state index contributed by atoms with van der Waals surface area (Å²) < 4.78 is 11.2. The van der Waals surface area contributed by atoms with Gasteiger partial charge >= 0.3 is 5.97 Å². The molecule has 5 nitrogen and oxygen atoms in total. The van der Waals surface area contributed by atoms with Crippen LogP contribution < -0.4 is 4.74 Å². The lowest BCUT2D eigenvalue weighted by Gasteiger charge is -2.28. The summed E-state index contributed by atoms with van der Waals surface area (Å²) in [5, 5.41) is 9.49. The minimum absolute atomic E-state index is 0.291. The Kier molecular flexibility index (Phi) is 6.42. The molecule has 1 saturated heterocycles. The molecule has 0 aromatic heterocycles. The third kappa shape index (κ3) is 5.22. The number of carboxylic acid groups (broad SMARTS) is 1. The van der Waals surface area contributed by atoms with E-state index in [2.05, 4.69) is 18.7 Å². The number of carboxylic acids is 1. The number of hydrogen-bond donors (Lipinski definition) is 1. The van der Waals surface area contributed by atoms with Gasteiger partial charge < -0.3 is 14.6 Å². The van der Waals surface area contributed by atoms with Gasteiger partial charge in [-0.05, 0) is 30.0 Å². The topological polar surface area (TPSA) is 59.0 Å². The summed E-state index contributed by atoms with van der Waals surface area (Å²) in [6.45, 7) is 10.0. The first-order valence-corrected chi connectivity index (χ1v) is 8.27. The molecule has 0 amide bonds. The highest BCUT2D eigenvalue weighted by Gasteiger charge is 2.23. The lowest BCUT2D eigenvalue weighted by atomic mass is 10.0. The molecule has 1 unspecified atom stereocenters. The molecule has 1 atom stereocenters. The Hall–Kier alpha value is -1.59. The van der Waals surface area contributed by atoms with Crippen molar-refractivity contribution < 1.29 is 19.4 Å². The van der Waals surface area contributed by atoms with Gasteiger partial charge in [-0.25, -0.2) is 4.79 Å². The van der Waals surface area contributed by atoms with Crippen molar-refractivity contribution in [1.29, 1.82) is 0 Å². The number of carbonyl (C=O) groups is 1. The highest BCUT2D eigenvalue weighted by Crippen LogP contribution is 2.28. The monoisotopic (exact) mass is 321 g/mol. The molecule has 0 bridgehead atoms. The second-order valence-electron chi connectivity index (χ2n) is 6.38. The molecule has 0 spiro atoms. The summed E-state index contributed by atoms with van der Waals surface area (Å²) in [5.41, 5.74) is 2.12. The maximum Gasteiger partial charge on any atom is 0.344 e. The van der Waals surface area contributed by atoms with Crippen molar-refractivity contribution in [1.82, 2.24) is 4.90 Å². The van der Waals surface area contributed by atoms with Crippen LogP contribution in [0.3, 0.4) is 0 Å². The van der Waals surface area contributed by atoms with Crippen LogP contribution in [0.2, 0.25) is 0 Å². The van der Waals surface area contributed by atoms with E-state index in [0.29, 0.717) is 37.8 Å². The van der Waals surface area contributed by atoms with Gasteiger partial charge in [-0.1, -0.05) is 26.0 Å². The highest BCUT2D eigenvalue weighted by atomic mass is 16.5. The minimum atomic E-state index is -0.908. The Morgan fingerprint density at radius 1 is 1.35 bits per heavy atom. The van der Waals surface area contributed by atoms with Crippen LogP contribution >= 0.6 is 0 Å². The van der Waals surface area contributed by atoms with E-state index in [-0.39, 0.29) is 0 Å². The smallest absolute Gasteiger partial charge is 0.344 e. The molecule has 1 N–H and O–H groups in total. The Morgan fingerprint density at radius 2 is 2.04 bits per heavy atom. The second-order valence-corrected chi connectivity index (χ2v) is 6.38. The first-order chi connectivity index (χ1) is 11.0. The molecule has 1 aliphatic rings. The number of morpholine rings is 1. The normalized spacial score (nSPS) is 17.2. The molecule has 0 saturated carbocycles. The van der Waals surface area contributed by atoms with Gasteiger partial charge in [0.15, 0.2) is 6.10 Å². The van der Waals surface area contributed by atoms with E-state index in [4.69, 9.17) is 9.47 Å². The number of rotatable bonds is 7. The number of hydrogen-bond acceptors (Lipinski definition) is 4. The summed E-state index contributed by atoms with van der Waals surface area (Å²) in [7, 11) is 0. The Labute approximate surface area is 138 Å². The standard InChI is InChI=1S/C18H27NO4/c1-13(2)15-5-4-14(3)12-17(15)23-16(18(20)21)6-7-19-8-10-22-11-9-19/h4-5,12-13,16H,6-11H2,1-3H3,(H,20,21). The zero-order valence-electron chi connectivity index (χ0n) is 14.2. The molecule has 1 fully saturated rings. The van der Waals surface area contributed by atoms with Crippen molar-refractivity contribution in [3.63, 3.8) is 0 Å². The Morgan fingerprint density at radius 3 is 2.65 bits per heavy atom. The van der Waals surface area contributed by atoms with E-state index in [1.54, 1.807) is 0 Å². The zero-order valence-corrected chi connectivity index (χ0v) is 14.2. The maximum absolute atomic E-state index is 11.6. The van der Waals surface area contributed by atoms with Crippen molar-refractivity contribution in [3.8, 4) is 5.75 Å². The predicted molar refractivity (Wildman–Crippen MR) is 89.2 cm³/mol. The lowest BCUT2D eigenvalue weighted by molar-refractivity contribution is -0.145. The molecule has 1 heterocycles. The third-order valence-corrected chi connectivity index (χ3v) is 4.15. The molecule has 128 valence electrons. The van der Waals surface area contributed by atoms with Crippen LogP contribution in [0.4, 0.5) is 0 Å². The van der Waals surface area contributed by atoms with Crippen molar-refractivity contribution in [2.75, 3.05) is 32.8 Å². The first kappa shape index (κ1) is 17.8. The van der Waals surface area contributed by atoms with Crippen LogP contribution in [0, 0.1) is 6.92 Å². The molecule has 2 rings (SSSR count). The SMILES string of the molecule is Cc1ccc(C(C)C)c(OC(CCN2CCOCC2)C(=O)O)c1. The molecule has 1 aromatic carbocycles. The van der Waals surface area contributed by atoms with Gasteiger partial charge in [-0.15, -0.1) is 0 Å². The molecule has 1 aliphatic heterocycles. The molecule has 23 heavy (non-hydrogen) atoms. The van der Waals surface area contributed by atoms with Gasteiger partial charge in [0.2, 0.25) is 0 Å². The van der Waals surface area contributed by atoms with Crippen LogP contribution in [0.15, 0.2) is 18.2 Å². The fourth-order valence-electron chi connectivity index (χ4n) is 2.73. The van der Waals surface area contributed by atoms with E-state index >= 15 is 0 Å². The van der Waals surface area contributed by atoms with Crippen LogP contribution in [0.5, 0.6) is 5.75 Å². The first-order valence-electron chi connectivity index (χ1n) is 8.27. The summed E-state index contributed by atoms with van der Waals surface area (Å²) in [6, 6.07) is 5.99. The average molecular weight is 321 g/mol. The van der Waals surface area contributed by atoms with E-state index in [1.807, 2.05) is 25.1 Å². The zero-order chi connectivity index (χ0) is 16.8. The lowest BCUT2D eigenvalue weighted by Crippen LogP contribution is -2.40. The Bertz CT molecular complexity index is 524. The molecule has 0 radical (unpaired) electrons. The van der Waals surface area contributed by atoms with Crippen LogP contribution in [0.25, 0.3) is 0 Å². The van der Waals surface area contributed by atoms with Gasteiger partial charge in [0.05, 0.1) is 13.2 Å². The van der Waals surface area contributed by atoms with E-state index < -0.39 is 12.1 Å².